The highest BCUT2D eigenvalue weighted by molar-refractivity contribution is 5.87. The van der Waals surface area contributed by atoms with Crippen molar-refractivity contribution >= 4 is 17.6 Å². The topological polar surface area (TPSA) is 91.3 Å². The Morgan fingerprint density at radius 3 is 2.82 bits per heavy atom. The molecule has 1 saturated carbocycles. The summed E-state index contributed by atoms with van der Waals surface area (Å²) in [6, 6.07) is 2.84. The first kappa shape index (κ1) is 11.5. The van der Waals surface area contributed by atoms with Crippen molar-refractivity contribution in [2.45, 2.75) is 25.3 Å². The zero-order chi connectivity index (χ0) is 12.3. The molecule has 0 saturated heterocycles. The van der Waals surface area contributed by atoms with Crippen LogP contribution in [-0.2, 0) is 4.79 Å². The van der Waals surface area contributed by atoms with E-state index in [0.717, 1.165) is 12.8 Å². The monoisotopic (exact) mass is 235 g/mol. The highest BCUT2D eigenvalue weighted by atomic mass is 16.4. The number of hydrogen-bond donors (Lipinski definition) is 3. The lowest BCUT2D eigenvalue weighted by molar-refractivity contribution is -0.119. The summed E-state index contributed by atoms with van der Waals surface area (Å²) in [6.45, 7) is 0. The van der Waals surface area contributed by atoms with E-state index in [0.29, 0.717) is 12.2 Å². The van der Waals surface area contributed by atoms with Gasteiger partial charge >= 0.3 is 5.97 Å². The minimum atomic E-state index is -1.01. The van der Waals surface area contributed by atoms with E-state index < -0.39 is 5.97 Å². The van der Waals surface area contributed by atoms with Crippen LogP contribution in [0.15, 0.2) is 18.3 Å². The number of pyridine rings is 1. The number of hydrogen-bond acceptors (Lipinski definition) is 5. The van der Waals surface area contributed by atoms with E-state index >= 15 is 0 Å². The zero-order valence-electron chi connectivity index (χ0n) is 9.14. The zero-order valence-corrected chi connectivity index (χ0v) is 9.14. The number of aromatic carboxylic acids is 1. The fourth-order valence-corrected chi connectivity index (χ4v) is 1.72. The van der Waals surface area contributed by atoms with E-state index in [1.165, 1.54) is 12.3 Å². The molecule has 1 aromatic heterocycles. The molecule has 1 aliphatic rings. The molecule has 0 aromatic carbocycles. The van der Waals surface area contributed by atoms with E-state index in [1.807, 2.05) is 0 Å². The second-order valence-corrected chi connectivity index (χ2v) is 3.92. The largest absolute Gasteiger partial charge is 0.478 e. The number of carbonyl (C=O) groups is 2. The highest BCUT2D eigenvalue weighted by Crippen LogP contribution is 2.14. The minimum absolute atomic E-state index is 0.132. The number of Topliss-reactive ketones (excluding diaryl/α,β-unsaturated/α-hetero) is 1. The summed E-state index contributed by atoms with van der Waals surface area (Å²) in [5.41, 5.74) is 5.83. The molecule has 0 aliphatic heterocycles. The molecule has 0 spiro atoms. The number of carboxylic acids is 1. The highest BCUT2D eigenvalue weighted by Gasteiger charge is 2.23. The maximum absolute atomic E-state index is 11.3. The molecule has 3 N–H and O–H groups in total. The van der Waals surface area contributed by atoms with E-state index in [9.17, 15) is 9.59 Å². The fraction of sp³-hybridized carbons (Fsp3) is 0.364. The van der Waals surface area contributed by atoms with Gasteiger partial charge < -0.3 is 10.5 Å². The van der Waals surface area contributed by atoms with Crippen LogP contribution in [0.2, 0.25) is 0 Å². The molecular weight excluding hydrogens is 222 g/mol. The maximum Gasteiger partial charge on any atom is 0.337 e. The number of aromatic nitrogens is 1. The Labute approximate surface area is 98.0 Å². The summed E-state index contributed by atoms with van der Waals surface area (Å²) in [6.07, 6.45) is 3.61. The van der Waals surface area contributed by atoms with Gasteiger partial charge in [0.25, 0.3) is 0 Å². The smallest absolute Gasteiger partial charge is 0.337 e. The molecule has 0 bridgehead atoms. The van der Waals surface area contributed by atoms with Crippen LogP contribution in [0.25, 0.3) is 0 Å². The van der Waals surface area contributed by atoms with Crippen molar-refractivity contribution in [2.75, 3.05) is 5.43 Å². The quantitative estimate of drug-likeness (QED) is 0.669. The van der Waals surface area contributed by atoms with Gasteiger partial charge in [0.2, 0.25) is 0 Å². The summed E-state index contributed by atoms with van der Waals surface area (Å²) in [5.74, 6) is -0.322. The van der Waals surface area contributed by atoms with Crippen molar-refractivity contribution < 1.29 is 14.7 Å². The third-order valence-corrected chi connectivity index (χ3v) is 2.69. The Bertz CT molecular complexity index is 430. The van der Waals surface area contributed by atoms with Crippen molar-refractivity contribution in [3.63, 3.8) is 0 Å². The van der Waals surface area contributed by atoms with Crippen LogP contribution in [0.1, 0.15) is 29.6 Å². The maximum atomic E-state index is 11.3. The molecule has 1 aliphatic carbocycles. The fourth-order valence-electron chi connectivity index (χ4n) is 1.72. The second kappa shape index (κ2) is 4.92. The van der Waals surface area contributed by atoms with Gasteiger partial charge in [-0.3, -0.25) is 4.79 Å². The average Bonchev–Trinajstić information content (AvgIpc) is 2.73. The Kier molecular flexibility index (Phi) is 3.34. The molecule has 1 unspecified atom stereocenters. The van der Waals surface area contributed by atoms with Gasteiger partial charge in [-0.05, 0) is 25.0 Å². The van der Waals surface area contributed by atoms with Gasteiger partial charge in [-0.25, -0.2) is 15.2 Å². The van der Waals surface area contributed by atoms with Crippen LogP contribution in [0, 0.1) is 0 Å². The number of hydrazine groups is 1. The van der Waals surface area contributed by atoms with Gasteiger partial charge in [0, 0.05) is 12.6 Å². The number of nitrogens with one attached hydrogen (secondary N) is 2. The van der Waals surface area contributed by atoms with Gasteiger partial charge in [-0.2, -0.15) is 0 Å². The van der Waals surface area contributed by atoms with Crippen LogP contribution in [0.3, 0.4) is 0 Å². The van der Waals surface area contributed by atoms with E-state index in [1.54, 1.807) is 6.07 Å². The lowest BCUT2D eigenvalue weighted by Crippen LogP contribution is -2.37. The lowest BCUT2D eigenvalue weighted by atomic mass is 10.2. The van der Waals surface area contributed by atoms with Gasteiger partial charge in [0.05, 0.1) is 11.6 Å². The van der Waals surface area contributed by atoms with Gasteiger partial charge in [0.1, 0.15) is 5.82 Å². The molecule has 1 fully saturated rings. The standard InChI is InChI=1S/C11H13N3O3/c15-9-3-1-2-8(9)13-14-10-5-4-7(6-12-10)11(16)17/h4-6,8,13H,1-3H2,(H,12,14)(H,16,17). The van der Waals surface area contributed by atoms with Crippen LogP contribution in [-0.4, -0.2) is 27.9 Å². The van der Waals surface area contributed by atoms with Crippen LogP contribution < -0.4 is 10.9 Å². The van der Waals surface area contributed by atoms with Crippen LogP contribution >= 0.6 is 0 Å². The third-order valence-electron chi connectivity index (χ3n) is 2.69. The first-order valence-electron chi connectivity index (χ1n) is 5.40. The summed E-state index contributed by atoms with van der Waals surface area (Å²) in [4.78, 5) is 25.9. The second-order valence-electron chi connectivity index (χ2n) is 3.92. The predicted molar refractivity (Wildman–Crippen MR) is 60.6 cm³/mol. The van der Waals surface area contributed by atoms with E-state index in [-0.39, 0.29) is 17.4 Å². The Balaban J connectivity index is 1.91. The van der Waals surface area contributed by atoms with Gasteiger partial charge in [-0.15, -0.1) is 0 Å². The molecule has 0 amide bonds. The van der Waals surface area contributed by atoms with Crippen LogP contribution in [0.5, 0.6) is 0 Å². The Morgan fingerprint density at radius 2 is 2.29 bits per heavy atom. The summed E-state index contributed by atoms with van der Waals surface area (Å²) < 4.78 is 0. The summed E-state index contributed by atoms with van der Waals surface area (Å²) >= 11 is 0. The number of anilines is 1. The summed E-state index contributed by atoms with van der Waals surface area (Å²) in [7, 11) is 0. The SMILES string of the molecule is O=C(O)c1ccc(NNC2CCCC2=O)nc1. The lowest BCUT2D eigenvalue weighted by Gasteiger charge is -2.12. The molecule has 90 valence electrons. The minimum Gasteiger partial charge on any atom is -0.478 e. The molecule has 17 heavy (non-hydrogen) atoms. The first-order chi connectivity index (χ1) is 8.16. The molecule has 2 rings (SSSR count). The molecule has 6 nitrogen and oxygen atoms in total. The van der Waals surface area contributed by atoms with E-state index in [2.05, 4.69) is 15.8 Å². The van der Waals surface area contributed by atoms with E-state index in [4.69, 9.17) is 5.11 Å². The predicted octanol–water partition coefficient (Wildman–Crippen LogP) is 0.818. The number of carbonyl (C=O) groups excluding carboxylic acids is 1. The Hall–Kier alpha value is -1.95. The van der Waals surface area contributed by atoms with Crippen molar-refractivity contribution in [2.24, 2.45) is 0 Å². The van der Waals surface area contributed by atoms with Gasteiger partial charge in [0.15, 0.2) is 5.78 Å². The third kappa shape index (κ3) is 2.79. The first-order valence-corrected chi connectivity index (χ1v) is 5.40. The van der Waals surface area contributed by atoms with Crippen molar-refractivity contribution in [1.29, 1.82) is 0 Å². The van der Waals surface area contributed by atoms with Gasteiger partial charge in [-0.1, -0.05) is 0 Å². The molecule has 1 atom stereocenters. The van der Waals surface area contributed by atoms with Crippen molar-refractivity contribution in [3.05, 3.63) is 23.9 Å². The van der Waals surface area contributed by atoms with Crippen LogP contribution in [0.4, 0.5) is 5.82 Å². The summed E-state index contributed by atoms with van der Waals surface area (Å²) in [5, 5.41) is 8.69. The average molecular weight is 235 g/mol. The molecular formula is C11H13N3O3. The van der Waals surface area contributed by atoms with Crippen molar-refractivity contribution in [1.82, 2.24) is 10.4 Å². The molecule has 1 heterocycles. The Morgan fingerprint density at radius 1 is 1.47 bits per heavy atom. The number of rotatable bonds is 4. The number of nitrogens with zero attached hydrogens (tertiary/aromatic N) is 1. The molecule has 1 aromatic rings. The normalized spacial score (nSPS) is 19.3. The molecule has 0 radical (unpaired) electrons. The number of carboxylic acid groups (broad SMARTS) is 1. The number of ketones is 1. The van der Waals surface area contributed by atoms with Crippen molar-refractivity contribution in [3.8, 4) is 0 Å². The molecule has 6 heteroatoms.